The smallest absolute Gasteiger partial charge is 0.328 e. The average molecular weight is 154 g/mol. The van der Waals surface area contributed by atoms with Gasteiger partial charge in [-0.3, -0.25) is 0 Å². The molecule has 2 heteroatoms. The zero-order valence-electron chi connectivity index (χ0n) is 7.22. The Bertz CT molecular complexity index is 214. The van der Waals surface area contributed by atoms with Gasteiger partial charge in [0.05, 0.1) is 0 Å². The number of allylic oxidation sites excluding steroid dienone is 1. The first-order valence-electron chi connectivity index (χ1n) is 3.84. The van der Waals surface area contributed by atoms with Crippen molar-refractivity contribution in [3.8, 4) is 0 Å². The van der Waals surface area contributed by atoms with Crippen molar-refractivity contribution in [3.63, 3.8) is 0 Å². The molecule has 0 radical (unpaired) electrons. The van der Waals surface area contributed by atoms with E-state index in [0.717, 1.165) is 12.0 Å². The maximum absolute atomic E-state index is 10.3. The molecule has 1 N–H and O–H groups in total. The van der Waals surface area contributed by atoms with E-state index >= 15 is 0 Å². The molecule has 0 heterocycles. The van der Waals surface area contributed by atoms with Gasteiger partial charge in [-0.05, 0) is 24.7 Å². The van der Waals surface area contributed by atoms with Gasteiger partial charge >= 0.3 is 5.97 Å². The van der Waals surface area contributed by atoms with Crippen LogP contribution in [0.3, 0.4) is 0 Å². The third-order valence-corrected chi connectivity index (χ3v) is 2.41. The zero-order chi connectivity index (χ0) is 8.65. The van der Waals surface area contributed by atoms with Crippen molar-refractivity contribution in [1.29, 1.82) is 0 Å². The summed E-state index contributed by atoms with van der Waals surface area (Å²) in [5.41, 5.74) is 1.35. The number of aliphatic carboxylic acids is 1. The van der Waals surface area contributed by atoms with Gasteiger partial charge in [0.1, 0.15) is 0 Å². The Kier molecular flexibility index (Phi) is 1.78. The molecule has 0 bridgehead atoms. The first-order valence-corrected chi connectivity index (χ1v) is 3.84. The molecule has 0 aromatic rings. The van der Waals surface area contributed by atoms with Gasteiger partial charge in [0.2, 0.25) is 0 Å². The van der Waals surface area contributed by atoms with E-state index in [0.29, 0.717) is 11.3 Å². The molecular formula is C9H14O2. The molecule has 2 nitrogen and oxygen atoms in total. The van der Waals surface area contributed by atoms with Gasteiger partial charge in [-0.25, -0.2) is 4.79 Å². The molecular weight excluding hydrogens is 140 g/mol. The normalized spacial score (nSPS) is 28.3. The molecule has 1 saturated carbocycles. The predicted molar refractivity (Wildman–Crippen MR) is 43.3 cm³/mol. The van der Waals surface area contributed by atoms with Crippen LogP contribution in [0.1, 0.15) is 27.2 Å². The van der Waals surface area contributed by atoms with E-state index in [-0.39, 0.29) is 0 Å². The van der Waals surface area contributed by atoms with E-state index in [1.807, 2.05) is 6.92 Å². The molecule has 0 aromatic carbocycles. The number of hydrogen-bond acceptors (Lipinski definition) is 1. The molecule has 1 unspecified atom stereocenters. The maximum Gasteiger partial charge on any atom is 0.328 e. The molecule has 11 heavy (non-hydrogen) atoms. The number of rotatable bonds is 2. The fourth-order valence-electron chi connectivity index (χ4n) is 1.54. The lowest BCUT2D eigenvalue weighted by molar-refractivity contribution is -0.131. The van der Waals surface area contributed by atoms with Crippen molar-refractivity contribution in [2.75, 3.05) is 0 Å². The summed E-state index contributed by atoms with van der Waals surface area (Å²) < 4.78 is 0. The Balaban J connectivity index is 2.58. The van der Waals surface area contributed by atoms with Gasteiger partial charge in [0.15, 0.2) is 0 Å². The van der Waals surface area contributed by atoms with Crippen LogP contribution >= 0.6 is 0 Å². The number of carbonyl (C=O) groups is 1. The predicted octanol–water partition coefficient (Wildman–Crippen LogP) is 2.06. The van der Waals surface area contributed by atoms with Crippen molar-refractivity contribution in [3.05, 3.63) is 11.6 Å². The van der Waals surface area contributed by atoms with Gasteiger partial charge in [-0.2, -0.15) is 0 Å². The molecule has 62 valence electrons. The van der Waals surface area contributed by atoms with Crippen molar-refractivity contribution in [2.24, 2.45) is 11.3 Å². The quantitative estimate of drug-likeness (QED) is 0.618. The molecule has 1 aliphatic carbocycles. The molecule has 1 fully saturated rings. The molecule has 0 saturated heterocycles. The summed E-state index contributed by atoms with van der Waals surface area (Å²) in [5.74, 6) is -0.330. The standard InChI is InChI=1S/C9H14O2/c1-6(4-8(10)11)7-5-9(7,2)3/h4,7H,5H2,1-3H3,(H,10,11)/b6-4+. The van der Waals surface area contributed by atoms with E-state index in [4.69, 9.17) is 5.11 Å². The number of carboxylic acids is 1. The minimum atomic E-state index is -0.829. The van der Waals surface area contributed by atoms with Gasteiger partial charge in [-0.1, -0.05) is 19.4 Å². The Morgan fingerprint density at radius 1 is 1.64 bits per heavy atom. The van der Waals surface area contributed by atoms with E-state index in [1.165, 1.54) is 6.08 Å². The molecule has 1 atom stereocenters. The van der Waals surface area contributed by atoms with Crippen LogP contribution in [0.15, 0.2) is 11.6 Å². The second-order valence-corrected chi connectivity index (χ2v) is 3.97. The van der Waals surface area contributed by atoms with Crippen LogP contribution in [0.5, 0.6) is 0 Å². The van der Waals surface area contributed by atoms with Crippen LogP contribution < -0.4 is 0 Å². The summed E-state index contributed by atoms with van der Waals surface area (Å²) in [4.78, 5) is 10.3. The molecule has 0 spiro atoms. The van der Waals surface area contributed by atoms with E-state index in [1.54, 1.807) is 0 Å². The molecule has 1 rings (SSSR count). The largest absolute Gasteiger partial charge is 0.478 e. The highest BCUT2D eigenvalue weighted by Crippen LogP contribution is 2.55. The van der Waals surface area contributed by atoms with Crippen molar-refractivity contribution >= 4 is 5.97 Å². The fraction of sp³-hybridized carbons (Fsp3) is 0.667. The van der Waals surface area contributed by atoms with Crippen LogP contribution in [0.25, 0.3) is 0 Å². The van der Waals surface area contributed by atoms with Crippen molar-refractivity contribution in [1.82, 2.24) is 0 Å². The van der Waals surface area contributed by atoms with E-state index in [9.17, 15) is 4.79 Å². The second kappa shape index (κ2) is 2.36. The lowest BCUT2D eigenvalue weighted by Crippen LogP contribution is -1.95. The molecule has 1 aliphatic rings. The monoisotopic (exact) mass is 154 g/mol. The van der Waals surface area contributed by atoms with Gasteiger partial charge in [0.25, 0.3) is 0 Å². The first-order chi connectivity index (χ1) is 4.93. The van der Waals surface area contributed by atoms with Gasteiger partial charge < -0.3 is 5.11 Å². The first kappa shape index (κ1) is 8.31. The summed E-state index contributed by atoms with van der Waals surface area (Å²) in [7, 11) is 0. The van der Waals surface area contributed by atoms with E-state index in [2.05, 4.69) is 13.8 Å². The summed E-state index contributed by atoms with van der Waals surface area (Å²) >= 11 is 0. The topological polar surface area (TPSA) is 37.3 Å². The van der Waals surface area contributed by atoms with Crippen LogP contribution in [0, 0.1) is 11.3 Å². The summed E-state index contributed by atoms with van der Waals surface area (Å²) in [5, 5.41) is 8.45. The summed E-state index contributed by atoms with van der Waals surface area (Å²) in [6, 6.07) is 0. The third kappa shape index (κ3) is 1.82. The fourth-order valence-corrected chi connectivity index (χ4v) is 1.54. The number of hydrogen-bond donors (Lipinski definition) is 1. The minimum Gasteiger partial charge on any atom is -0.478 e. The summed E-state index contributed by atoms with van der Waals surface area (Å²) in [6.07, 6.45) is 2.45. The highest BCUT2D eigenvalue weighted by atomic mass is 16.4. The Hall–Kier alpha value is -0.790. The van der Waals surface area contributed by atoms with Crippen LogP contribution in [0.2, 0.25) is 0 Å². The SMILES string of the molecule is C/C(=C\C(=O)O)C1CC1(C)C. The highest BCUT2D eigenvalue weighted by Gasteiger charge is 2.46. The van der Waals surface area contributed by atoms with Crippen molar-refractivity contribution in [2.45, 2.75) is 27.2 Å². The van der Waals surface area contributed by atoms with Crippen LogP contribution in [-0.2, 0) is 4.79 Å². The number of carboxylic acid groups (broad SMARTS) is 1. The lowest BCUT2D eigenvalue weighted by Gasteiger charge is -2.01. The zero-order valence-corrected chi connectivity index (χ0v) is 7.22. The Morgan fingerprint density at radius 3 is 2.36 bits per heavy atom. The maximum atomic E-state index is 10.3. The lowest BCUT2D eigenvalue weighted by atomic mass is 10.0. The average Bonchev–Trinajstić information content (AvgIpc) is 2.38. The second-order valence-electron chi connectivity index (χ2n) is 3.97. The molecule has 0 aliphatic heterocycles. The minimum absolute atomic E-state index is 0.343. The Morgan fingerprint density at radius 2 is 2.09 bits per heavy atom. The molecule has 0 aromatic heterocycles. The van der Waals surface area contributed by atoms with Gasteiger partial charge in [0, 0.05) is 6.08 Å². The molecule has 0 amide bonds. The Labute approximate surface area is 66.9 Å². The van der Waals surface area contributed by atoms with Crippen LogP contribution in [0.4, 0.5) is 0 Å². The van der Waals surface area contributed by atoms with Gasteiger partial charge in [-0.15, -0.1) is 0 Å². The van der Waals surface area contributed by atoms with Crippen LogP contribution in [-0.4, -0.2) is 11.1 Å². The van der Waals surface area contributed by atoms with E-state index < -0.39 is 5.97 Å². The van der Waals surface area contributed by atoms with Crippen molar-refractivity contribution < 1.29 is 9.90 Å². The third-order valence-electron chi connectivity index (χ3n) is 2.41. The summed E-state index contributed by atoms with van der Waals surface area (Å²) in [6.45, 7) is 6.22. The highest BCUT2D eigenvalue weighted by molar-refractivity contribution is 5.80.